The largest absolute Gasteiger partial charge is 0.479 e. The number of carbonyl (C=O) groups excluding carboxylic acids is 3. The fraction of sp³-hybridized carbons (Fsp3) is 0.400. The van der Waals surface area contributed by atoms with E-state index in [2.05, 4.69) is 15.5 Å². The summed E-state index contributed by atoms with van der Waals surface area (Å²) in [6.45, 7) is 5.10. The molecule has 4 rings (SSSR count). The lowest BCUT2D eigenvalue weighted by Crippen LogP contribution is -2.48. The number of fused-ring (bicyclic) bond motifs is 1. The summed E-state index contributed by atoms with van der Waals surface area (Å²) in [5, 5.41) is 5.41. The first kappa shape index (κ1) is 22.8. The van der Waals surface area contributed by atoms with Crippen molar-refractivity contribution in [2.75, 3.05) is 42.9 Å². The third-order valence-corrected chi connectivity index (χ3v) is 5.99. The number of hydrogen-bond acceptors (Lipinski definition) is 5. The lowest BCUT2D eigenvalue weighted by atomic mass is 10.1. The van der Waals surface area contributed by atoms with Crippen LogP contribution in [0.1, 0.15) is 36.5 Å². The Labute approximate surface area is 193 Å². The summed E-state index contributed by atoms with van der Waals surface area (Å²) in [6, 6.07) is 14.0. The molecular weight excluding hydrogens is 420 g/mol. The van der Waals surface area contributed by atoms with Crippen molar-refractivity contribution in [3.8, 4) is 5.75 Å². The van der Waals surface area contributed by atoms with Crippen molar-refractivity contribution >= 4 is 29.1 Å². The van der Waals surface area contributed by atoms with Gasteiger partial charge in [-0.15, -0.1) is 0 Å². The van der Waals surface area contributed by atoms with Gasteiger partial charge in [-0.2, -0.15) is 0 Å². The zero-order valence-electron chi connectivity index (χ0n) is 18.9. The van der Waals surface area contributed by atoms with Crippen LogP contribution in [-0.4, -0.2) is 61.4 Å². The van der Waals surface area contributed by atoms with E-state index in [0.29, 0.717) is 29.2 Å². The fourth-order valence-corrected chi connectivity index (χ4v) is 4.20. The van der Waals surface area contributed by atoms with Gasteiger partial charge in [-0.05, 0) is 63.2 Å². The molecule has 2 aromatic rings. The lowest BCUT2D eigenvalue weighted by Gasteiger charge is -2.35. The van der Waals surface area contributed by atoms with Gasteiger partial charge in [0.05, 0.1) is 12.2 Å². The highest BCUT2D eigenvalue weighted by molar-refractivity contribution is 6.02. The van der Waals surface area contributed by atoms with Gasteiger partial charge in [-0.1, -0.05) is 24.6 Å². The highest BCUT2D eigenvalue weighted by Gasteiger charge is 2.32. The Kier molecular flexibility index (Phi) is 7.24. The van der Waals surface area contributed by atoms with Crippen LogP contribution in [0.4, 0.5) is 11.4 Å². The van der Waals surface area contributed by atoms with Crippen LogP contribution in [0.25, 0.3) is 0 Å². The van der Waals surface area contributed by atoms with Crippen LogP contribution < -0.4 is 20.3 Å². The minimum Gasteiger partial charge on any atom is -0.479 e. The van der Waals surface area contributed by atoms with E-state index in [4.69, 9.17) is 4.74 Å². The molecule has 2 heterocycles. The van der Waals surface area contributed by atoms with Crippen molar-refractivity contribution in [3.63, 3.8) is 0 Å². The molecule has 3 amide bonds. The lowest BCUT2D eigenvalue weighted by molar-refractivity contribution is -0.125. The van der Waals surface area contributed by atoms with Gasteiger partial charge in [-0.25, -0.2) is 0 Å². The molecule has 8 heteroatoms. The Morgan fingerprint density at radius 3 is 2.55 bits per heavy atom. The number of anilines is 2. The molecule has 174 valence electrons. The molecule has 0 spiro atoms. The monoisotopic (exact) mass is 450 g/mol. The number of likely N-dealkylation sites (tertiary alicyclic amines) is 1. The van der Waals surface area contributed by atoms with E-state index in [-0.39, 0.29) is 24.3 Å². The molecule has 2 aromatic carbocycles. The minimum absolute atomic E-state index is 0.0851. The summed E-state index contributed by atoms with van der Waals surface area (Å²) in [4.78, 5) is 41.5. The van der Waals surface area contributed by atoms with Gasteiger partial charge in [0.2, 0.25) is 5.91 Å². The Balaban J connectivity index is 1.40. The average molecular weight is 451 g/mol. The molecule has 0 aliphatic carbocycles. The Hall–Kier alpha value is -3.39. The molecule has 1 saturated heterocycles. The van der Waals surface area contributed by atoms with E-state index >= 15 is 0 Å². The second kappa shape index (κ2) is 10.5. The molecule has 1 fully saturated rings. The maximum atomic E-state index is 12.9. The zero-order valence-corrected chi connectivity index (χ0v) is 18.9. The van der Waals surface area contributed by atoms with Crippen molar-refractivity contribution < 1.29 is 19.1 Å². The summed E-state index contributed by atoms with van der Waals surface area (Å²) < 4.78 is 5.78. The molecular formula is C25H30N4O4. The third-order valence-electron chi connectivity index (χ3n) is 5.99. The minimum atomic E-state index is -0.549. The predicted octanol–water partition coefficient (Wildman–Crippen LogP) is 2.65. The van der Waals surface area contributed by atoms with Crippen LogP contribution in [0, 0.1) is 0 Å². The Morgan fingerprint density at radius 2 is 1.79 bits per heavy atom. The maximum Gasteiger partial charge on any atom is 0.267 e. The molecule has 0 radical (unpaired) electrons. The molecule has 33 heavy (non-hydrogen) atoms. The predicted molar refractivity (Wildman–Crippen MR) is 127 cm³/mol. The third kappa shape index (κ3) is 5.70. The highest BCUT2D eigenvalue weighted by Crippen LogP contribution is 2.36. The van der Waals surface area contributed by atoms with Crippen molar-refractivity contribution in [2.24, 2.45) is 0 Å². The number of benzene rings is 2. The summed E-state index contributed by atoms with van der Waals surface area (Å²) >= 11 is 0. The number of nitrogens with zero attached hydrogens (tertiary/aromatic N) is 2. The smallest absolute Gasteiger partial charge is 0.267 e. The molecule has 8 nitrogen and oxygen atoms in total. The van der Waals surface area contributed by atoms with E-state index in [1.54, 1.807) is 54.3 Å². The summed E-state index contributed by atoms with van der Waals surface area (Å²) in [5.41, 5.74) is 1.69. The van der Waals surface area contributed by atoms with Crippen LogP contribution in [0.2, 0.25) is 0 Å². The van der Waals surface area contributed by atoms with Gasteiger partial charge < -0.3 is 25.2 Å². The Bertz CT molecular complexity index is 1000. The van der Waals surface area contributed by atoms with Gasteiger partial charge in [0.15, 0.2) is 6.10 Å². The van der Waals surface area contributed by atoms with Crippen LogP contribution >= 0.6 is 0 Å². The van der Waals surface area contributed by atoms with E-state index in [0.717, 1.165) is 19.6 Å². The number of piperidine rings is 1. The molecule has 1 unspecified atom stereocenters. The molecule has 0 bridgehead atoms. The van der Waals surface area contributed by atoms with E-state index in [1.807, 2.05) is 6.07 Å². The first-order valence-corrected chi connectivity index (χ1v) is 11.5. The highest BCUT2D eigenvalue weighted by atomic mass is 16.5. The van der Waals surface area contributed by atoms with Crippen molar-refractivity contribution in [3.05, 3.63) is 54.1 Å². The van der Waals surface area contributed by atoms with Gasteiger partial charge in [0, 0.05) is 24.3 Å². The quantitative estimate of drug-likeness (QED) is 0.677. The van der Waals surface area contributed by atoms with Gasteiger partial charge >= 0.3 is 0 Å². The van der Waals surface area contributed by atoms with Gasteiger partial charge in [0.1, 0.15) is 5.75 Å². The Morgan fingerprint density at radius 1 is 1.03 bits per heavy atom. The second-order valence-corrected chi connectivity index (χ2v) is 8.43. The van der Waals surface area contributed by atoms with Crippen LogP contribution in [-0.2, 0) is 9.59 Å². The fourth-order valence-electron chi connectivity index (χ4n) is 4.20. The summed E-state index contributed by atoms with van der Waals surface area (Å²) in [6.07, 6.45) is 3.11. The SMILES string of the molecule is CC1Oc2ccc(NC(=O)CNC(=O)c3ccccc3)cc2N(CCN2CCCCC2)C1=O. The zero-order chi connectivity index (χ0) is 23.2. The van der Waals surface area contributed by atoms with Crippen molar-refractivity contribution in [1.82, 2.24) is 10.2 Å². The maximum absolute atomic E-state index is 12.9. The van der Waals surface area contributed by atoms with E-state index < -0.39 is 6.10 Å². The van der Waals surface area contributed by atoms with Crippen LogP contribution in [0.3, 0.4) is 0 Å². The van der Waals surface area contributed by atoms with Crippen LogP contribution in [0.5, 0.6) is 5.75 Å². The first-order chi connectivity index (χ1) is 16.0. The first-order valence-electron chi connectivity index (χ1n) is 11.5. The number of nitrogens with one attached hydrogen (secondary N) is 2. The summed E-state index contributed by atoms with van der Waals surface area (Å²) in [5.74, 6) is -0.127. The normalized spacial score (nSPS) is 18.3. The van der Waals surface area contributed by atoms with E-state index in [9.17, 15) is 14.4 Å². The molecule has 2 N–H and O–H groups in total. The van der Waals surface area contributed by atoms with E-state index in [1.165, 1.54) is 19.3 Å². The number of carbonyl (C=O) groups is 3. The van der Waals surface area contributed by atoms with Gasteiger partial charge in [-0.3, -0.25) is 14.4 Å². The number of ether oxygens (including phenoxy) is 1. The molecule has 1 atom stereocenters. The number of hydrogen-bond donors (Lipinski definition) is 2. The average Bonchev–Trinajstić information content (AvgIpc) is 2.84. The van der Waals surface area contributed by atoms with Crippen LogP contribution in [0.15, 0.2) is 48.5 Å². The molecule has 0 aromatic heterocycles. The molecule has 2 aliphatic rings. The van der Waals surface area contributed by atoms with Crippen molar-refractivity contribution in [1.29, 1.82) is 0 Å². The van der Waals surface area contributed by atoms with Gasteiger partial charge in [0.25, 0.3) is 11.8 Å². The topological polar surface area (TPSA) is 91.0 Å². The van der Waals surface area contributed by atoms with Crippen molar-refractivity contribution in [2.45, 2.75) is 32.3 Å². The summed E-state index contributed by atoms with van der Waals surface area (Å²) in [7, 11) is 0. The standard InChI is InChI=1S/C25H30N4O4/c1-18-25(32)29(15-14-28-12-6-3-7-13-28)21-16-20(10-11-22(21)33-18)27-23(30)17-26-24(31)19-8-4-2-5-9-19/h2,4-5,8-11,16,18H,3,6-7,12-15,17H2,1H3,(H,26,31)(H,27,30). The number of amides is 3. The second-order valence-electron chi connectivity index (χ2n) is 8.43. The molecule has 0 saturated carbocycles. The number of rotatable bonds is 7. The molecule has 2 aliphatic heterocycles.